The second kappa shape index (κ2) is 9.50. The molecule has 5 rings (SSSR count). The number of nitrogens with zero attached hydrogens (tertiary/aromatic N) is 1. The highest BCUT2D eigenvalue weighted by atomic mass is 35.5. The standard InChI is InChI=1S/C28H27ClFNO4/c1-31-20-9-5-11-22(32)26(20)25(27-21(31)10-6-12-23(27)33)17-13-18(29)28(24(14-17)34-2)35-15-16-7-3-4-8-19(16)30/h3-4,7-8,13-14,25H,5-6,9-12,15H2,1-2H3. The quantitative estimate of drug-likeness (QED) is 0.501. The molecule has 0 bridgehead atoms. The molecule has 0 unspecified atom stereocenters. The molecular formula is C28H27ClFNO4. The Morgan fingerprint density at radius 2 is 1.63 bits per heavy atom. The van der Waals surface area contributed by atoms with Crippen molar-refractivity contribution >= 4 is 23.2 Å². The summed E-state index contributed by atoms with van der Waals surface area (Å²) < 4.78 is 25.6. The van der Waals surface area contributed by atoms with Gasteiger partial charge in [-0.1, -0.05) is 29.8 Å². The summed E-state index contributed by atoms with van der Waals surface area (Å²) in [5, 5.41) is 0.283. The van der Waals surface area contributed by atoms with Crippen LogP contribution in [0.4, 0.5) is 4.39 Å². The summed E-state index contributed by atoms with van der Waals surface area (Å²) in [6.07, 6.45) is 4.14. The van der Waals surface area contributed by atoms with Crippen molar-refractivity contribution in [2.24, 2.45) is 0 Å². The fraction of sp³-hybridized carbons (Fsp3) is 0.357. The van der Waals surface area contributed by atoms with Crippen molar-refractivity contribution in [2.45, 2.75) is 51.0 Å². The zero-order valence-corrected chi connectivity index (χ0v) is 20.6. The van der Waals surface area contributed by atoms with E-state index in [2.05, 4.69) is 4.90 Å². The van der Waals surface area contributed by atoms with Crippen molar-refractivity contribution < 1.29 is 23.5 Å². The molecule has 3 aliphatic rings. The third-order valence-corrected chi connectivity index (χ3v) is 7.44. The van der Waals surface area contributed by atoms with Gasteiger partial charge in [0.05, 0.1) is 12.1 Å². The second-order valence-corrected chi connectivity index (χ2v) is 9.59. The average molecular weight is 496 g/mol. The summed E-state index contributed by atoms with van der Waals surface area (Å²) in [5.74, 6) is -0.0353. The van der Waals surface area contributed by atoms with Crippen molar-refractivity contribution in [3.63, 3.8) is 0 Å². The molecule has 0 atom stereocenters. The second-order valence-electron chi connectivity index (χ2n) is 9.18. The molecule has 2 aromatic carbocycles. The van der Waals surface area contributed by atoms with Gasteiger partial charge < -0.3 is 14.4 Å². The Morgan fingerprint density at radius 1 is 1.00 bits per heavy atom. The van der Waals surface area contributed by atoms with Gasteiger partial charge >= 0.3 is 0 Å². The van der Waals surface area contributed by atoms with Crippen LogP contribution < -0.4 is 9.47 Å². The van der Waals surface area contributed by atoms with E-state index in [9.17, 15) is 14.0 Å². The number of ketones is 2. The molecule has 182 valence electrons. The molecule has 0 fully saturated rings. The van der Waals surface area contributed by atoms with Gasteiger partial charge in [0.25, 0.3) is 0 Å². The van der Waals surface area contributed by atoms with E-state index >= 15 is 0 Å². The molecule has 2 aromatic rings. The minimum Gasteiger partial charge on any atom is -0.493 e. The lowest BCUT2D eigenvalue weighted by Gasteiger charge is -2.42. The lowest BCUT2D eigenvalue weighted by Crippen LogP contribution is -2.37. The SMILES string of the molecule is COc1cc(C2C3=C(CCCC3=O)N(C)C3=C2C(=O)CCC3)cc(Cl)c1OCc1ccccc1F. The first kappa shape index (κ1) is 23.6. The van der Waals surface area contributed by atoms with Crippen LogP contribution in [0.1, 0.15) is 55.6 Å². The lowest BCUT2D eigenvalue weighted by molar-refractivity contribution is -0.117. The van der Waals surface area contributed by atoms with Crippen LogP contribution in [0, 0.1) is 5.82 Å². The molecular weight excluding hydrogens is 469 g/mol. The topological polar surface area (TPSA) is 55.8 Å². The number of allylic oxidation sites excluding steroid dienone is 4. The van der Waals surface area contributed by atoms with Crippen LogP contribution >= 0.6 is 11.6 Å². The zero-order chi connectivity index (χ0) is 24.7. The van der Waals surface area contributed by atoms with Gasteiger partial charge in [-0.3, -0.25) is 9.59 Å². The average Bonchev–Trinajstić information content (AvgIpc) is 2.85. The molecule has 7 heteroatoms. The third kappa shape index (κ3) is 4.14. The van der Waals surface area contributed by atoms with Gasteiger partial charge in [0.15, 0.2) is 23.1 Å². The maximum atomic E-state index is 14.1. The molecule has 35 heavy (non-hydrogen) atoms. The highest BCUT2D eigenvalue weighted by molar-refractivity contribution is 6.32. The van der Waals surface area contributed by atoms with E-state index in [0.717, 1.165) is 42.6 Å². The Morgan fingerprint density at radius 3 is 2.23 bits per heavy atom. The van der Waals surface area contributed by atoms with E-state index in [1.165, 1.54) is 13.2 Å². The minimum atomic E-state index is -0.483. The molecule has 0 aromatic heterocycles. The highest BCUT2D eigenvalue weighted by Crippen LogP contribution is 2.50. The molecule has 0 spiro atoms. The van der Waals surface area contributed by atoms with Crippen molar-refractivity contribution in [3.05, 3.63) is 80.9 Å². The summed E-state index contributed by atoms with van der Waals surface area (Å²) in [5.41, 5.74) is 4.49. The Kier molecular flexibility index (Phi) is 6.41. The maximum Gasteiger partial charge on any atom is 0.180 e. The van der Waals surface area contributed by atoms with Crippen LogP contribution in [-0.2, 0) is 16.2 Å². The number of carbonyl (C=O) groups is 2. The molecule has 0 radical (unpaired) electrons. The molecule has 1 aliphatic heterocycles. The lowest BCUT2D eigenvalue weighted by atomic mass is 9.71. The van der Waals surface area contributed by atoms with Crippen LogP contribution in [0.2, 0.25) is 5.02 Å². The minimum absolute atomic E-state index is 0.0160. The van der Waals surface area contributed by atoms with Gasteiger partial charge in [-0.15, -0.1) is 0 Å². The van der Waals surface area contributed by atoms with Crippen LogP contribution in [0.3, 0.4) is 0 Å². The van der Waals surface area contributed by atoms with Crippen LogP contribution in [0.25, 0.3) is 0 Å². The Bertz CT molecular complexity index is 1240. The van der Waals surface area contributed by atoms with Crippen molar-refractivity contribution in [1.29, 1.82) is 0 Å². The van der Waals surface area contributed by atoms with Crippen LogP contribution in [0.15, 0.2) is 58.9 Å². The van der Waals surface area contributed by atoms with Gasteiger partial charge in [-0.05, 0) is 49.4 Å². The van der Waals surface area contributed by atoms with Gasteiger partial charge in [-0.2, -0.15) is 0 Å². The number of methoxy groups -OCH3 is 1. The van der Waals surface area contributed by atoms with E-state index < -0.39 is 5.92 Å². The van der Waals surface area contributed by atoms with Gasteiger partial charge in [-0.25, -0.2) is 4.39 Å². The summed E-state index contributed by atoms with van der Waals surface area (Å²) in [7, 11) is 3.47. The van der Waals surface area contributed by atoms with Crippen molar-refractivity contribution in [1.82, 2.24) is 4.90 Å². The highest BCUT2D eigenvalue weighted by Gasteiger charge is 2.42. The van der Waals surface area contributed by atoms with Gasteiger partial charge in [0.1, 0.15) is 12.4 Å². The zero-order valence-electron chi connectivity index (χ0n) is 19.8. The first-order valence-electron chi connectivity index (χ1n) is 11.9. The fourth-order valence-electron chi connectivity index (χ4n) is 5.50. The Hall–Kier alpha value is -3.12. The molecule has 5 nitrogen and oxygen atoms in total. The van der Waals surface area contributed by atoms with E-state index in [-0.39, 0.29) is 29.0 Å². The molecule has 0 saturated heterocycles. The smallest absolute Gasteiger partial charge is 0.180 e. The third-order valence-electron chi connectivity index (χ3n) is 7.16. The number of hydrogen-bond donors (Lipinski definition) is 0. The summed E-state index contributed by atoms with van der Waals surface area (Å²) >= 11 is 6.68. The van der Waals surface area contributed by atoms with Crippen LogP contribution in [-0.4, -0.2) is 30.6 Å². The summed E-state index contributed by atoms with van der Waals surface area (Å²) in [6, 6.07) is 9.91. The van der Waals surface area contributed by atoms with E-state index in [1.807, 2.05) is 7.05 Å². The number of carbonyl (C=O) groups excluding carboxylic acids is 2. The maximum absolute atomic E-state index is 14.1. The van der Waals surface area contributed by atoms with Crippen molar-refractivity contribution in [2.75, 3.05) is 14.2 Å². The Labute approximate surface area is 209 Å². The largest absolute Gasteiger partial charge is 0.493 e. The van der Waals surface area contributed by atoms with E-state index in [1.54, 1.807) is 30.3 Å². The number of ether oxygens (including phenoxy) is 2. The number of hydrogen-bond acceptors (Lipinski definition) is 5. The number of rotatable bonds is 5. The van der Waals surface area contributed by atoms with Gasteiger partial charge in [0, 0.05) is 53.9 Å². The summed E-state index contributed by atoms with van der Waals surface area (Å²) in [4.78, 5) is 28.5. The van der Waals surface area contributed by atoms with E-state index in [0.29, 0.717) is 41.1 Å². The van der Waals surface area contributed by atoms with E-state index in [4.69, 9.17) is 21.1 Å². The van der Waals surface area contributed by atoms with Crippen LogP contribution in [0.5, 0.6) is 11.5 Å². The molecule has 0 N–H and O–H groups in total. The van der Waals surface area contributed by atoms with Gasteiger partial charge in [0.2, 0.25) is 0 Å². The normalized spacial score (nSPS) is 18.6. The summed E-state index contributed by atoms with van der Waals surface area (Å²) in [6.45, 7) is -0.0160. The monoisotopic (exact) mass is 495 g/mol. The van der Waals surface area contributed by atoms with Crippen molar-refractivity contribution in [3.8, 4) is 11.5 Å². The molecule has 0 amide bonds. The molecule has 1 heterocycles. The number of benzene rings is 2. The predicted molar refractivity (Wildman–Crippen MR) is 131 cm³/mol. The fourth-order valence-corrected chi connectivity index (χ4v) is 5.77. The first-order chi connectivity index (χ1) is 16.9. The number of Topliss-reactive ketones (excluding diaryl/α,β-unsaturated/α-hetero) is 2. The predicted octanol–water partition coefficient (Wildman–Crippen LogP) is 6.11. The molecule has 2 aliphatic carbocycles. The first-order valence-corrected chi connectivity index (χ1v) is 12.3. The molecule has 0 saturated carbocycles. The number of halogens is 2. The Balaban J connectivity index is 1.59.